The van der Waals surface area contributed by atoms with Gasteiger partial charge in [0.2, 0.25) is 10.0 Å². The zero-order valence-electron chi connectivity index (χ0n) is 14.0. The summed E-state index contributed by atoms with van der Waals surface area (Å²) in [5.41, 5.74) is 0. The van der Waals surface area contributed by atoms with Crippen LogP contribution >= 0.6 is 0 Å². The Bertz CT molecular complexity index is 525. The first-order chi connectivity index (χ1) is 10.4. The summed E-state index contributed by atoms with van der Waals surface area (Å²) < 4.78 is 32.4. The Hall–Kier alpha value is -1.11. The van der Waals surface area contributed by atoms with E-state index in [4.69, 9.17) is 4.74 Å². The third-order valence-electron chi connectivity index (χ3n) is 3.73. The molecule has 0 unspecified atom stereocenters. The van der Waals surface area contributed by atoms with Gasteiger partial charge >= 0.3 is 0 Å². The highest BCUT2D eigenvalue weighted by atomic mass is 32.2. The average molecular weight is 328 g/mol. The van der Waals surface area contributed by atoms with Gasteiger partial charge in [-0.3, -0.25) is 0 Å². The van der Waals surface area contributed by atoms with Crippen molar-refractivity contribution in [1.29, 1.82) is 0 Å². The third kappa shape index (κ3) is 5.94. The highest BCUT2D eigenvalue weighted by Crippen LogP contribution is 2.16. The van der Waals surface area contributed by atoms with E-state index >= 15 is 0 Å². The number of rotatable bonds is 10. The topological polar surface area (TPSA) is 58.6 Å². The molecule has 1 N–H and O–H groups in total. The Balaban J connectivity index is 2.52. The molecule has 0 amide bonds. The van der Waals surface area contributed by atoms with E-state index in [1.165, 1.54) is 0 Å². The van der Waals surface area contributed by atoms with Crippen LogP contribution in [0.15, 0.2) is 29.2 Å². The van der Waals surface area contributed by atoms with Crippen LogP contribution in [0.3, 0.4) is 0 Å². The van der Waals surface area contributed by atoms with Gasteiger partial charge in [0.15, 0.2) is 0 Å². The van der Waals surface area contributed by atoms with Crippen molar-refractivity contribution in [3.63, 3.8) is 0 Å². The Morgan fingerprint density at radius 3 is 2.27 bits per heavy atom. The maximum absolute atomic E-state index is 12.3. The van der Waals surface area contributed by atoms with Gasteiger partial charge in [-0.05, 0) is 63.7 Å². The normalized spacial score (nSPS) is 13.3. The molecule has 0 bridgehead atoms. The quantitative estimate of drug-likeness (QED) is 0.717. The maximum Gasteiger partial charge on any atom is 0.240 e. The first-order valence-corrected chi connectivity index (χ1v) is 9.30. The molecule has 0 aliphatic rings. The molecule has 0 fully saturated rings. The maximum atomic E-state index is 12.3. The fourth-order valence-corrected chi connectivity index (χ4v) is 3.59. The summed E-state index contributed by atoms with van der Waals surface area (Å²) in [7, 11) is -1.91. The van der Waals surface area contributed by atoms with E-state index in [2.05, 4.69) is 23.5 Å². The second-order valence-electron chi connectivity index (χ2n) is 5.37. The molecule has 6 heteroatoms. The number of hydrogen-bond acceptors (Lipinski definition) is 4. The molecular weight excluding hydrogens is 300 g/mol. The lowest BCUT2D eigenvalue weighted by molar-refractivity contribution is 0.293. The standard InChI is InChI=1S/C16H28N2O3S/c1-5-18(6-2)13-7-8-14(3)17-22(19,20)16-11-9-15(21-4)10-12-16/h9-12,14,17H,5-8,13H2,1-4H3/t14-/m0/s1. The highest BCUT2D eigenvalue weighted by molar-refractivity contribution is 7.89. The molecule has 0 radical (unpaired) electrons. The molecule has 0 saturated heterocycles. The van der Waals surface area contributed by atoms with Gasteiger partial charge in [0.25, 0.3) is 0 Å². The van der Waals surface area contributed by atoms with Gasteiger partial charge in [0.1, 0.15) is 5.75 Å². The SMILES string of the molecule is CCN(CC)CCC[C@H](C)NS(=O)(=O)c1ccc(OC)cc1. The minimum absolute atomic E-state index is 0.0809. The smallest absolute Gasteiger partial charge is 0.240 e. The molecule has 1 aromatic carbocycles. The number of nitrogens with one attached hydrogen (secondary N) is 1. The summed E-state index contributed by atoms with van der Waals surface area (Å²) in [4.78, 5) is 2.61. The summed E-state index contributed by atoms with van der Waals surface area (Å²) in [6, 6.07) is 6.34. The van der Waals surface area contributed by atoms with Crippen LogP contribution < -0.4 is 9.46 Å². The summed E-state index contributed by atoms with van der Waals surface area (Å²) in [5, 5.41) is 0. The van der Waals surface area contributed by atoms with Crippen LogP contribution in [0.1, 0.15) is 33.6 Å². The molecule has 0 spiro atoms. The molecule has 1 rings (SSSR count). The molecule has 126 valence electrons. The highest BCUT2D eigenvalue weighted by Gasteiger charge is 2.17. The van der Waals surface area contributed by atoms with Crippen molar-refractivity contribution in [1.82, 2.24) is 9.62 Å². The van der Waals surface area contributed by atoms with Crippen molar-refractivity contribution in [3.05, 3.63) is 24.3 Å². The van der Waals surface area contributed by atoms with Gasteiger partial charge in [0, 0.05) is 6.04 Å². The zero-order chi connectivity index (χ0) is 16.6. The monoisotopic (exact) mass is 328 g/mol. The van der Waals surface area contributed by atoms with Gasteiger partial charge in [-0.25, -0.2) is 13.1 Å². The van der Waals surface area contributed by atoms with Crippen molar-refractivity contribution in [2.24, 2.45) is 0 Å². The molecule has 0 saturated carbocycles. The lowest BCUT2D eigenvalue weighted by Gasteiger charge is -2.19. The lowest BCUT2D eigenvalue weighted by atomic mass is 10.2. The van der Waals surface area contributed by atoms with Crippen molar-refractivity contribution < 1.29 is 13.2 Å². The second-order valence-corrected chi connectivity index (χ2v) is 7.08. The number of sulfonamides is 1. The summed E-state index contributed by atoms with van der Waals surface area (Å²) in [6.45, 7) is 9.24. The fourth-order valence-electron chi connectivity index (χ4n) is 2.31. The van der Waals surface area contributed by atoms with Crippen molar-refractivity contribution in [2.75, 3.05) is 26.7 Å². The fraction of sp³-hybridized carbons (Fsp3) is 0.625. The Morgan fingerprint density at radius 1 is 1.18 bits per heavy atom. The van der Waals surface area contributed by atoms with Crippen LogP contribution in [0.2, 0.25) is 0 Å². The summed E-state index contributed by atoms with van der Waals surface area (Å²) in [6.07, 6.45) is 1.81. The number of methoxy groups -OCH3 is 1. The van der Waals surface area contributed by atoms with Gasteiger partial charge in [0.05, 0.1) is 12.0 Å². The third-order valence-corrected chi connectivity index (χ3v) is 5.34. The first-order valence-electron chi connectivity index (χ1n) is 7.81. The summed E-state index contributed by atoms with van der Waals surface area (Å²) in [5.74, 6) is 0.645. The van der Waals surface area contributed by atoms with Crippen molar-refractivity contribution >= 4 is 10.0 Å². The number of hydrogen-bond donors (Lipinski definition) is 1. The molecular formula is C16H28N2O3S. The molecule has 0 aliphatic heterocycles. The Kier molecular flexibility index (Phi) is 7.85. The predicted octanol–water partition coefficient (Wildman–Crippen LogP) is 2.48. The van der Waals surface area contributed by atoms with Crippen LogP contribution in [0, 0.1) is 0 Å². The van der Waals surface area contributed by atoms with Gasteiger partial charge in [-0.1, -0.05) is 13.8 Å². The van der Waals surface area contributed by atoms with Crippen LogP contribution in [0.4, 0.5) is 0 Å². The van der Waals surface area contributed by atoms with E-state index in [9.17, 15) is 8.42 Å². The van der Waals surface area contributed by atoms with Crippen LogP contribution in [0.25, 0.3) is 0 Å². The van der Waals surface area contributed by atoms with Gasteiger partial charge in [-0.2, -0.15) is 0 Å². The van der Waals surface area contributed by atoms with E-state index in [0.717, 1.165) is 32.5 Å². The van der Waals surface area contributed by atoms with Crippen LogP contribution in [-0.4, -0.2) is 46.1 Å². The number of ether oxygens (including phenoxy) is 1. The molecule has 1 atom stereocenters. The predicted molar refractivity (Wildman–Crippen MR) is 89.8 cm³/mol. The van der Waals surface area contributed by atoms with Gasteiger partial charge < -0.3 is 9.64 Å². The van der Waals surface area contributed by atoms with E-state index in [1.807, 2.05) is 6.92 Å². The minimum atomic E-state index is -3.47. The van der Waals surface area contributed by atoms with E-state index < -0.39 is 10.0 Å². The van der Waals surface area contributed by atoms with E-state index in [1.54, 1.807) is 31.4 Å². The number of benzene rings is 1. The Morgan fingerprint density at radius 2 is 1.77 bits per heavy atom. The van der Waals surface area contributed by atoms with E-state index in [-0.39, 0.29) is 10.9 Å². The molecule has 1 aromatic rings. The van der Waals surface area contributed by atoms with Gasteiger partial charge in [-0.15, -0.1) is 0 Å². The largest absolute Gasteiger partial charge is 0.497 e. The van der Waals surface area contributed by atoms with Crippen LogP contribution in [-0.2, 0) is 10.0 Å². The van der Waals surface area contributed by atoms with Crippen molar-refractivity contribution in [2.45, 2.75) is 44.6 Å². The average Bonchev–Trinajstić information content (AvgIpc) is 2.51. The summed E-state index contributed by atoms with van der Waals surface area (Å²) >= 11 is 0. The van der Waals surface area contributed by atoms with E-state index in [0.29, 0.717) is 5.75 Å². The Labute approximate surface area is 134 Å². The number of nitrogens with zero attached hydrogens (tertiary/aromatic N) is 1. The molecule has 0 aliphatic carbocycles. The zero-order valence-corrected chi connectivity index (χ0v) is 14.8. The molecule has 0 aromatic heterocycles. The van der Waals surface area contributed by atoms with Crippen LogP contribution in [0.5, 0.6) is 5.75 Å². The van der Waals surface area contributed by atoms with Crippen molar-refractivity contribution in [3.8, 4) is 5.75 Å². The molecule has 5 nitrogen and oxygen atoms in total. The second kappa shape index (κ2) is 9.12. The molecule has 22 heavy (non-hydrogen) atoms. The first kappa shape index (κ1) is 18.9. The molecule has 0 heterocycles. The lowest BCUT2D eigenvalue weighted by Crippen LogP contribution is -2.33. The minimum Gasteiger partial charge on any atom is -0.497 e.